The lowest BCUT2D eigenvalue weighted by Gasteiger charge is -2.12. The lowest BCUT2D eigenvalue weighted by Crippen LogP contribution is -2.36. The van der Waals surface area contributed by atoms with Crippen molar-refractivity contribution in [3.8, 4) is 0 Å². The van der Waals surface area contributed by atoms with Gasteiger partial charge < -0.3 is 0 Å². The molecule has 2 amide bonds. The van der Waals surface area contributed by atoms with E-state index in [0.29, 0.717) is 14.4 Å². The second kappa shape index (κ2) is 9.03. The largest absolute Gasteiger partial charge is 0.299 e. The Morgan fingerprint density at radius 1 is 1.30 bits per heavy atom. The zero-order chi connectivity index (χ0) is 19.2. The van der Waals surface area contributed by atoms with E-state index in [1.165, 1.54) is 28.0 Å². The number of thioether (sulfide) groups is 1. The maximum Gasteiger partial charge on any atom is 0.266 e. The number of carbonyl (C=O) groups excluding carboxylic acids is 2. The number of carbonyl (C=O) groups is 2. The zero-order valence-corrected chi connectivity index (χ0v) is 16.9. The van der Waals surface area contributed by atoms with E-state index in [4.69, 9.17) is 12.2 Å². The van der Waals surface area contributed by atoms with Crippen molar-refractivity contribution in [2.45, 2.75) is 13.3 Å². The Labute approximate surface area is 170 Å². The summed E-state index contributed by atoms with van der Waals surface area (Å²) in [5.41, 5.74) is 1.03. The van der Waals surface area contributed by atoms with Gasteiger partial charge in [0.05, 0.1) is 4.91 Å². The van der Waals surface area contributed by atoms with Crippen LogP contribution in [0.2, 0.25) is 0 Å². The Morgan fingerprint density at radius 2 is 2.07 bits per heavy atom. The molecule has 1 aliphatic heterocycles. The highest BCUT2D eigenvalue weighted by Gasteiger charge is 2.33. The summed E-state index contributed by atoms with van der Waals surface area (Å²) in [6.45, 7) is 1.82. The average Bonchev–Trinajstić information content (AvgIpc) is 3.22. The van der Waals surface area contributed by atoms with Crippen LogP contribution in [0, 0.1) is 0 Å². The third-order valence-electron chi connectivity index (χ3n) is 3.53. The average molecular weight is 417 g/mol. The number of nitrogens with zero attached hydrogens (tertiary/aromatic N) is 3. The Morgan fingerprint density at radius 3 is 2.78 bits per heavy atom. The molecule has 1 aromatic carbocycles. The molecule has 27 heavy (non-hydrogen) atoms. The molecule has 1 N–H and O–H groups in total. The molecule has 2 aromatic rings. The van der Waals surface area contributed by atoms with Crippen molar-refractivity contribution in [2.75, 3.05) is 11.9 Å². The van der Waals surface area contributed by atoms with Crippen LogP contribution in [0.3, 0.4) is 0 Å². The highest BCUT2D eigenvalue weighted by molar-refractivity contribution is 8.26. The maximum absolute atomic E-state index is 12.5. The van der Waals surface area contributed by atoms with Crippen molar-refractivity contribution in [2.24, 2.45) is 0 Å². The number of hydrogen-bond acceptors (Lipinski definition) is 7. The number of anilines is 1. The minimum atomic E-state index is -0.355. The van der Waals surface area contributed by atoms with E-state index in [-0.39, 0.29) is 18.4 Å². The summed E-state index contributed by atoms with van der Waals surface area (Å²) in [6, 6.07) is 9.77. The molecule has 6 nitrogen and oxygen atoms in total. The van der Waals surface area contributed by atoms with Crippen molar-refractivity contribution in [1.82, 2.24) is 15.1 Å². The van der Waals surface area contributed by atoms with Gasteiger partial charge in [-0.1, -0.05) is 84.7 Å². The third kappa shape index (κ3) is 5.09. The van der Waals surface area contributed by atoms with E-state index in [2.05, 4.69) is 15.5 Å². The van der Waals surface area contributed by atoms with E-state index in [1.54, 1.807) is 12.2 Å². The number of benzene rings is 1. The number of hydrogen-bond donors (Lipinski definition) is 1. The molecule has 1 aliphatic rings. The molecule has 1 saturated heterocycles. The molecule has 138 valence electrons. The number of thiocarbonyl (C=S) groups is 1. The van der Waals surface area contributed by atoms with Crippen LogP contribution in [0.25, 0.3) is 6.08 Å². The van der Waals surface area contributed by atoms with Crippen LogP contribution in [-0.4, -0.2) is 37.8 Å². The number of rotatable bonds is 6. The van der Waals surface area contributed by atoms with Gasteiger partial charge in [0.1, 0.15) is 15.9 Å². The molecule has 1 aromatic heterocycles. The van der Waals surface area contributed by atoms with E-state index in [9.17, 15) is 9.59 Å². The summed E-state index contributed by atoms with van der Waals surface area (Å²) in [5.74, 6) is -0.629. The number of amides is 2. The first-order valence-corrected chi connectivity index (χ1v) is 10.2. The first-order chi connectivity index (χ1) is 13.1. The predicted molar refractivity (Wildman–Crippen MR) is 113 cm³/mol. The highest BCUT2D eigenvalue weighted by atomic mass is 32.2. The van der Waals surface area contributed by atoms with Crippen LogP contribution < -0.4 is 5.32 Å². The smallest absolute Gasteiger partial charge is 0.266 e. The van der Waals surface area contributed by atoms with Crippen LogP contribution >= 0.6 is 35.3 Å². The van der Waals surface area contributed by atoms with Gasteiger partial charge in [-0.2, -0.15) is 0 Å². The molecular formula is C18H16N4O2S3. The number of allylic oxidation sites excluding steroid dienone is 2. The van der Waals surface area contributed by atoms with Crippen molar-refractivity contribution in [3.05, 3.63) is 58.0 Å². The lowest BCUT2D eigenvalue weighted by atomic mass is 10.2. The second-order valence-electron chi connectivity index (χ2n) is 5.46. The Balaban J connectivity index is 1.60. The van der Waals surface area contributed by atoms with Gasteiger partial charge in [0.25, 0.3) is 5.91 Å². The Kier molecular flexibility index (Phi) is 6.49. The molecule has 9 heteroatoms. The maximum atomic E-state index is 12.5. The Hall–Kier alpha value is -2.36. The van der Waals surface area contributed by atoms with E-state index in [1.807, 2.05) is 43.3 Å². The van der Waals surface area contributed by atoms with Crippen molar-refractivity contribution in [3.63, 3.8) is 0 Å². The minimum absolute atomic E-state index is 0.147. The molecule has 0 bridgehead atoms. The summed E-state index contributed by atoms with van der Waals surface area (Å²) in [6.07, 6.45) is 6.17. The molecule has 0 saturated carbocycles. The van der Waals surface area contributed by atoms with Crippen LogP contribution in [0.15, 0.2) is 47.4 Å². The van der Waals surface area contributed by atoms with Crippen LogP contribution in [0.4, 0.5) is 5.13 Å². The molecule has 0 radical (unpaired) electrons. The molecule has 0 aliphatic carbocycles. The summed E-state index contributed by atoms with van der Waals surface area (Å²) in [5, 5.41) is 11.8. The van der Waals surface area contributed by atoms with E-state index in [0.717, 1.165) is 17.0 Å². The van der Waals surface area contributed by atoms with Crippen molar-refractivity contribution >= 4 is 62.7 Å². The molecule has 0 unspecified atom stereocenters. The molecule has 0 atom stereocenters. The topological polar surface area (TPSA) is 75.2 Å². The standard InChI is InChI=1S/C18H16N4O2S3/c1-2-15-20-21-17(27-15)19-14(23)11-22-16(24)13(26-18(22)25)10-6-9-12-7-4-3-5-8-12/h3-10H,2,11H2,1H3,(H,19,21,23). The van der Waals surface area contributed by atoms with Gasteiger partial charge in [-0.15, -0.1) is 10.2 Å². The van der Waals surface area contributed by atoms with Crippen LogP contribution in [-0.2, 0) is 16.0 Å². The summed E-state index contributed by atoms with van der Waals surface area (Å²) in [4.78, 5) is 26.5. The van der Waals surface area contributed by atoms with Gasteiger partial charge in [-0.3, -0.25) is 19.8 Å². The van der Waals surface area contributed by atoms with E-state index < -0.39 is 0 Å². The van der Waals surface area contributed by atoms with E-state index >= 15 is 0 Å². The minimum Gasteiger partial charge on any atom is -0.299 e. The normalized spacial score (nSPS) is 15.9. The second-order valence-corrected chi connectivity index (χ2v) is 8.20. The number of nitrogens with one attached hydrogen (secondary N) is 1. The van der Waals surface area contributed by atoms with Gasteiger partial charge in [-0.05, 0) is 18.1 Å². The van der Waals surface area contributed by atoms with Gasteiger partial charge >= 0.3 is 0 Å². The fraction of sp³-hybridized carbons (Fsp3) is 0.167. The molecule has 3 rings (SSSR count). The lowest BCUT2D eigenvalue weighted by molar-refractivity contribution is -0.126. The van der Waals surface area contributed by atoms with Gasteiger partial charge in [0.2, 0.25) is 11.0 Å². The van der Waals surface area contributed by atoms with Crippen molar-refractivity contribution in [1.29, 1.82) is 0 Å². The van der Waals surface area contributed by atoms with Gasteiger partial charge in [0, 0.05) is 0 Å². The van der Waals surface area contributed by atoms with Crippen molar-refractivity contribution < 1.29 is 9.59 Å². The monoisotopic (exact) mass is 416 g/mol. The van der Waals surface area contributed by atoms with Gasteiger partial charge in [-0.25, -0.2) is 0 Å². The summed E-state index contributed by atoms with van der Waals surface area (Å²) in [7, 11) is 0. The third-order valence-corrected chi connectivity index (χ3v) is 5.91. The number of aryl methyl sites for hydroxylation is 1. The predicted octanol–water partition coefficient (Wildman–Crippen LogP) is 3.50. The van der Waals surface area contributed by atoms with Crippen LogP contribution in [0.5, 0.6) is 0 Å². The van der Waals surface area contributed by atoms with Crippen LogP contribution in [0.1, 0.15) is 17.5 Å². The molecular weight excluding hydrogens is 400 g/mol. The first-order valence-electron chi connectivity index (χ1n) is 8.16. The SMILES string of the molecule is CCc1nnc(NC(=O)CN2C(=O)C(=CC=Cc3ccccc3)SC2=S)s1. The fourth-order valence-corrected chi connectivity index (χ4v) is 4.11. The number of aromatic nitrogens is 2. The molecule has 1 fully saturated rings. The zero-order valence-electron chi connectivity index (χ0n) is 14.4. The fourth-order valence-electron chi connectivity index (χ4n) is 2.21. The Bertz CT molecular complexity index is 922. The molecule has 2 heterocycles. The highest BCUT2D eigenvalue weighted by Crippen LogP contribution is 2.31. The molecule has 0 spiro atoms. The summed E-state index contributed by atoms with van der Waals surface area (Å²) >= 11 is 7.74. The quantitative estimate of drug-likeness (QED) is 0.574. The summed E-state index contributed by atoms with van der Waals surface area (Å²) < 4.78 is 0.362. The first kappa shape index (κ1) is 19.4. The van der Waals surface area contributed by atoms with Gasteiger partial charge in [0.15, 0.2) is 0 Å².